The molecule has 0 aliphatic carbocycles. The number of urea groups is 1. The van der Waals surface area contributed by atoms with Crippen LogP contribution in [0.15, 0.2) is 78.9 Å². The van der Waals surface area contributed by atoms with Gasteiger partial charge in [-0.2, -0.15) is 13.2 Å². The Morgan fingerprint density at radius 2 is 1.65 bits per heavy atom. The van der Waals surface area contributed by atoms with Crippen LogP contribution in [0.3, 0.4) is 0 Å². The Morgan fingerprint density at radius 1 is 1.03 bits per heavy atom. The molecule has 4 nitrogen and oxygen atoms in total. The van der Waals surface area contributed by atoms with Gasteiger partial charge in [0, 0.05) is 18.6 Å². The van der Waals surface area contributed by atoms with Gasteiger partial charge in [0.2, 0.25) is 0 Å². The summed E-state index contributed by atoms with van der Waals surface area (Å²) in [5.74, 6) is 0. The van der Waals surface area contributed by atoms with E-state index in [4.69, 9.17) is 16.3 Å². The number of amides is 2. The first-order chi connectivity index (χ1) is 16.2. The van der Waals surface area contributed by atoms with Gasteiger partial charge in [0.05, 0.1) is 24.8 Å². The highest BCUT2D eigenvalue weighted by molar-refractivity contribution is 6.30. The average Bonchev–Trinajstić information content (AvgIpc) is 2.79. The van der Waals surface area contributed by atoms with Crippen LogP contribution >= 0.6 is 11.6 Å². The van der Waals surface area contributed by atoms with Crippen molar-refractivity contribution in [1.82, 2.24) is 9.80 Å². The molecule has 1 unspecified atom stereocenters. The lowest BCUT2D eigenvalue weighted by Crippen LogP contribution is -2.58. The van der Waals surface area contributed by atoms with E-state index in [1.165, 1.54) is 12.1 Å². The molecule has 3 aromatic carbocycles. The summed E-state index contributed by atoms with van der Waals surface area (Å²) in [6.45, 7) is 1.07. The van der Waals surface area contributed by atoms with Crippen molar-refractivity contribution in [3.63, 3.8) is 0 Å². The van der Waals surface area contributed by atoms with E-state index in [0.29, 0.717) is 30.2 Å². The zero-order valence-electron chi connectivity index (χ0n) is 18.5. The maximum atomic E-state index is 13.7. The summed E-state index contributed by atoms with van der Waals surface area (Å²) in [5, 5.41) is 0.480. The molecule has 2 amide bonds. The zero-order valence-corrected chi connectivity index (χ0v) is 19.3. The quantitative estimate of drug-likeness (QED) is 0.402. The molecule has 1 atom stereocenters. The number of hydrogen-bond donors (Lipinski definition) is 0. The van der Waals surface area contributed by atoms with E-state index in [2.05, 4.69) is 0 Å². The Kier molecular flexibility index (Phi) is 7.14. The summed E-state index contributed by atoms with van der Waals surface area (Å²) < 4.78 is 47.3. The minimum Gasteiger partial charge on any atom is -0.362 e. The highest BCUT2D eigenvalue weighted by Crippen LogP contribution is 2.39. The second-order valence-electron chi connectivity index (χ2n) is 8.30. The van der Waals surface area contributed by atoms with Gasteiger partial charge in [-0.05, 0) is 34.9 Å². The number of halogens is 4. The van der Waals surface area contributed by atoms with Crippen LogP contribution in [0.4, 0.5) is 18.0 Å². The van der Waals surface area contributed by atoms with Gasteiger partial charge in [-0.3, -0.25) is 0 Å². The van der Waals surface area contributed by atoms with Crippen molar-refractivity contribution in [2.45, 2.75) is 24.9 Å². The Bertz CT molecular complexity index is 1120. The number of carbonyl (C=O) groups is 1. The van der Waals surface area contributed by atoms with Crippen molar-refractivity contribution in [1.29, 1.82) is 0 Å². The molecular weight excluding hydrogens is 465 g/mol. The Morgan fingerprint density at radius 3 is 2.29 bits per heavy atom. The number of ether oxygens (including phenoxy) is 1. The second kappa shape index (κ2) is 10.1. The van der Waals surface area contributed by atoms with Crippen molar-refractivity contribution in [3.8, 4) is 0 Å². The number of rotatable bonds is 6. The van der Waals surface area contributed by atoms with E-state index in [0.717, 1.165) is 11.6 Å². The van der Waals surface area contributed by atoms with Gasteiger partial charge in [-0.15, -0.1) is 0 Å². The smallest absolute Gasteiger partial charge is 0.362 e. The van der Waals surface area contributed by atoms with E-state index in [9.17, 15) is 18.0 Å². The average molecular weight is 489 g/mol. The fourth-order valence-electron chi connectivity index (χ4n) is 3.99. The molecule has 0 spiro atoms. The summed E-state index contributed by atoms with van der Waals surface area (Å²) in [4.78, 5) is 16.0. The molecule has 0 bridgehead atoms. The summed E-state index contributed by atoms with van der Waals surface area (Å²) in [5.41, 5.74) is 0.860. The Balaban J connectivity index is 1.48. The van der Waals surface area contributed by atoms with E-state index in [1.807, 2.05) is 30.3 Å². The van der Waals surface area contributed by atoms with Gasteiger partial charge in [0.1, 0.15) is 6.10 Å². The number of alkyl halides is 3. The normalized spacial score (nSPS) is 15.0. The fourth-order valence-corrected chi connectivity index (χ4v) is 4.12. The molecule has 3 aromatic rings. The first-order valence-electron chi connectivity index (χ1n) is 10.8. The standard InChI is InChI=1S/C26H24ClF3N2O2/c1-31(15-18-7-3-2-4-8-18)25(33)32-16-21(17-32)34-24(19-11-13-20(27)14-12-19)22-9-5-6-10-23(22)26(28,29)30/h2-14,21,24H,15-17H2,1H3. The van der Waals surface area contributed by atoms with Crippen LogP contribution in [0, 0.1) is 0 Å². The molecule has 1 heterocycles. The van der Waals surface area contributed by atoms with E-state index in [1.54, 1.807) is 47.2 Å². The highest BCUT2D eigenvalue weighted by Gasteiger charge is 2.39. The third kappa shape index (κ3) is 5.54. The van der Waals surface area contributed by atoms with Gasteiger partial charge in [-0.25, -0.2) is 4.79 Å². The predicted molar refractivity (Wildman–Crippen MR) is 124 cm³/mol. The molecule has 1 saturated heterocycles. The zero-order chi connectivity index (χ0) is 24.3. The van der Waals surface area contributed by atoms with Crippen LogP contribution in [0.25, 0.3) is 0 Å². The van der Waals surface area contributed by atoms with Crippen LogP contribution in [0.5, 0.6) is 0 Å². The predicted octanol–water partition coefficient (Wildman–Crippen LogP) is 6.40. The molecule has 0 saturated carbocycles. The monoisotopic (exact) mass is 488 g/mol. The van der Waals surface area contributed by atoms with Gasteiger partial charge in [-0.1, -0.05) is 72.3 Å². The van der Waals surface area contributed by atoms with Crippen LogP contribution in [-0.4, -0.2) is 42.1 Å². The second-order valence-corrected chi connectivity index (χ2v) is 8.74. The van der Waals surface area contributed by atoms with Crippen molar-refractivity contribution >= 4 is 17.6 Å². The molecule has 8 heteroatoms. The number of likely N-dealkylation sites (tertiary alicyclic amines) is 1. The van der Waals surface area contributed by atoms with Crippen LogP contribution in [0.1, 0.15) is 28.4 Å². The molecule has 0 N–H and O–H groups in total. The van der Waals surface area contributed by atoms with E-state index < -0.39 is 23.9 Å². The molecule has 1 fully saturated rings. The Labute approximate surface area is 201 Å². The first kappa shape index (κ1) is 24.1. The van der Waals surface area contributed by atoms with Crippen molar-refractivity contribution in [2.24, 2.45) is 0 Å². The molecule has 34 heavy (non-hydrogen) atoms. The summed E-state index contributed by atoms with van der Waals surface area (Å²) >= 11 is 5.98. The third-order valence-corrected chi connectivity index (χ3v) is 6.01. The van der Waals surface area contributed by atoms with E-state index in [-0.39, 0.29) is 11.6 Å². The largest absolute Gasteiger partial charge is 0.416 e. The summed E-state index contributed by atoms with van der Waals surface area (Å²) in [6, 6.07) is 21.5. The number of nitrogens with zero attached hydrogens (tertiary/aromatic N) is 2. The topological polar surface area (TPSA) is 32.8 Å². The molecule has 1 aliphatic rings. The minimum absolute atomic E-state index is 0.0308. The molecule has 0 aromatic heterocycles. The molecule has 178 valence electrons. The van der Waals surface area contributed by atoms with Gasteiger partial charge in [0.15, 0.2) is 0 Å². The van der Waals surface area contributed by atoms with Crippen LogP contribution < -0.4 is 0 Å². The lowest BCUT2D eigenvalue weighted by atomic mass is 9.95. The maximum absolute atomic E-state index is 13.7. The summed E-state index contributed by atoms with van der Waals surface area (Å²) in [6.07, 6.45) is -5.86. The third-order valence-electron chi connectivity index (χ3n) is 5.76. The maximum Gasteiger partial charge on any atom is 0.416 e. The molecule has 0 radical (unpaired) electrons. The molecule has 4 rings (SSSR count). The van der Waals surface area contributed by atoms with Crippen molar-refractivity contribution in [3.05, 3.63) is 106 Å². The number of carbonyl (C=O) groups excluding carboxylic acids is 1. The van der Waals surface area contributed by atoms with Gasteiger partial charge < -0.3 is 14.5 Å². The van der Waals surface area contributed by atoms with Crippen LogP contribution in [-0.2, 0) is 17.5 Å². The fraction of sp³-hybridized carbons (Fsp3) is 0.269. The molecule has 1 aliphatic heterocycles. The van der Waals surface area contributed by atoms with Crippen molar-refractivity contribution < 1.29 is 22.7 Å². The van der Waals surface area contributed by atoms with Crippen LogP contribution in [0.2, 0.25) is 5.02 Å². The van der Waals surface area contributed by atoms with Gasteiger partial charge in [0.25, 0.3) is 0 Å². The lowest BCUT2D eigenvalue weighted by Gasteiger charge is -2.42. The number of benzene rings is 3. The lowest BCUT2D eigenvalue weighted by molar-refractivity contribution is -0.140. The van der Waals surface area contributed by atoms with Crippen molar-refractivity contribution in [2.75, 3.05) is 20.1 Å². The van der Waals surface area contributed by atoms with E-state index >= 15 is 0 Å². The number of hydrogen-bond acceptors (Lipinski definition) is 2. The van der Waals surface area contributed by atoms with Gasteiger partial charge >= 0.3 is 12.2 Å². The SMILES string of the molecule is CN(Cc1ccccc1)C(=O)N1CC(OC(c2ccc(Cl)cc2)c2ccccc2C(F)(F)F)C1. The molecular formula is C26H24ClF3N2O2. The highest BCUT2D eigenvalue weighted by atomic mass is 35.5. The summed E-state index contributed by atoms with van der Waals surface area (Å²) in [7, 11) is 1.72. The first-order valence-corrected chi connectivity index (χ1v) is 11.2. The Hall–Kier alpha value is -3.03. The minimum atomic E-state index is -4.52.